The van der Waals surface area contributed by atoms with Crippen LogP contribution in [0.2, 0.25) is 5.02 Å². The fourth-order valence-corrected chi connectivity index (χ4v) is 4.54. The molecule has 2 heterocycles. The van der Waals surface area contributed by atoms with Crippen LogP contribution >= 0.6 is 11.6 Å². The van der Waals surface area contributed by atoms with E-state index in [0.29, 0.717) is 12.3 Å². The molecule has 0 aliphatic carbocycles. The van der Waals surface area contributed by atoms with E-state index < -0.39 is 38.3 Å². The number of sulfonamides is 1. The molecule has 0 radical (unpaired) electrons. The molecule has 1 fully saturated rings. The van der Waals surface area contributed by atoms with Gasteiger partial charge >= 0.3 is 6.18 Å². The molecule has 0 spiro atoms. The third-order valence-electron chi connectivity index (χ3n) is 4.20. The molecule has 3 rings (SSSR count). The molecule has 1 aliphatic heterocycles. The van der Waals surface area contributed by atoms with Crippen LogP contribution in [-0.4, -0.2) is 43.9 Å². The SMILES string of the molecule is O=S(=O)(c1ccc(F)cc1F)N1CCN(c2ncc(C(F)(F)F)cc2Cl)CC1. The molecule has 0 amide bonds. The summed E-state index contributed by atoms with van der Waals surface area (Å²) in [6.45, 7) is 0.0244. The standard InChI is InChI=1S/C16H13ClF5N3O2S/c17-12-7-10(16(20,21)22)9-23-15(12)24-3-5-25(6-4-24)28(26,27)14-2-1-11(18)8-13(14)19/h1-2,7-9H,3-6H2. The van der Waals surface area contributed by atoms with Crippen molar-refractivity contribution in [2.75, 3.05) is 31.1 Å². The van der Waals surface area contributed by atoms with E-state index in [9.17, 15) is 30.4 Å². The highest BCUT2D eigenvalue weighted by Gasteiger charge is 2.34. The van der Waals surface area contributed by atoms with E-state index in [1.807, 2.05) is 0 Å². The molecule has 0 atom stereocenters. The van der Waals surface area contributed by atoms with Crippen LogP contribution in [0, 0.1) is 11.6 Å². The molecule has 0 N–H and O–H groups in total. The van der Waals surface area contributed by atoms with Gasteiger partial charge in [-0.1, -0.05) is 11.6 Å². The number of hydrogen-bond donors (Lipinski definition) is 0. The Bertz CT molecular complexity index is 992. The fourth-order valence-electron chi connectivity index (χ4n) is 2.78. The highest BCUT2D eigenvalue weighted by Crippen LogP contribution is 2.34. The molecule has 1 aromatic carbocycles. The Kier molecular flexibility index (Phi) is 5.52. The van der Waals surface area contributed by atoms with Gasteiger partial charge in [0.25, 0.3) is 0 Å². The van der Waals surface area contributed by atoms with Gasteiger partial charge in [-0.3, -0.25) is 0 Å². The summed E-state index contributed by atoms with van der Waals surface area (Å²) in [7, 11) is -4.19. The molecule has 152 valence electrons. The van der Waals surface area contributed by atoms with Crippen LogP contribution in [0.15, 0.2) is 35.4 Å². The maximum Gasteiger partial charge on any atom is 0.417 e. The van der Waals surface area contributed by atoms with E-state index >= 15 is 0 Å². The number of rotatable bonds is 3. The van der Waals surface area contributed by atoms with Gasteiger partial charge in [-0.05, 0) is 18.2 Å². The number of anilines is 1. The van der Waals surface area contributed by atoms with Gasteiger partial charge in [0.1, 0.15) is 22.3 Å². The summed E-state index contributed by atoms with van der Waals surface area (Å²) in [4.78, 5) is 4.63. The van der Waals surface area contributed by atoms with Gasteiger partial charge < -0.3 is 4.90 Å². The Morgan fingerprint density at radius 3 is 2.21 bits per heavy atom. The lowest BCUT2D eigenvalue weighted by atomic mass is 10.2. The minimum absolute atomic E-state index is 0.0712. The number of aromatic nitrogens is 1. The van der Waals surface area contributed by atoms with Crippen molar-refractivity contribution in [3.05, 3.63) is 52.7 Å². The summed E-state index contributed by atoms with van der Waals surface area (Å²) >= 11 is 5.91. The van der Waals surface area contributed by atoms with E-state index in [1.54, 1.807) is 0 Å². The zero-order valence-corrected chi connectivity index (χ0v) is 15.6. The number of hydrogen-bond acceptors (Lipinski definition) is 4. The molecule has 5 nitrogen and oxygen atoms in total. The lowest BCUT2D eigenvalue weighted by Crippen LogP contribution is -2.49. The minimum Gasteiger partial charge on any atom is -0.353 e. The number of pyridine rings is 1. The minimum atomic E-state index is -4.58. The van der Waals surface area contributed by atoms with E-state index in [-0.39, 0.29) is 37.0 Å². The monoisotopic (exact) mass is 441 g/mol. The van der Waals surface area contributed by atoms with Crippen molar-refractivity contribution in [1.29, 1.82) is 0 Å². The van der Waals surface area contributed by atoms with E-state index in [1.165, 1.54) is 4.90 Å². The van der Waals surface area contributed by atoms with Crippen molar-refractivity contribution < 1.29 is 30.4 Å². The second-order valence-corrected chi connectivity index (χ2v) is 8.31. The molecule has 12 heteroatoms. The van der Waals surface area contributed by atoms with Crippen molar-refractivity contribution in [2.45, 2.75) is 11.1 Å². The van der Waals surface area contributed by atoms with Crippen LogP contribution < -0.4 is 4.90 Å². The average Bonchev–Trinajstić information content (AvgIpc) is 2.60. The first-order chi connectivity index (χ1) is 13.0. The third kappa shape index (κ3) is 4.06. The van der Waals surface area contributed by atoms with Crippen molar-refractivity contribution in [3.63, 3.8) is 0 Å². The van der Waals surface area contributed by atoms with Crippen LogP contribution in [0.25, 0.3) is 0 Å². The largest absolute Gasteiger partial charge is 0.417 e. The smallest absolute Gasteiger partial charge is 0.353 e. The number of piperazine rings is 1. The van der Waals surface area contributed by atoms with Gasteiger partial charge in [-0.2, -0.15) is 17.5 Å². The molecule has 0 saturated carbocycles. The van der Waals surface area contributed by atoms with E-state index in [4.69, 9.17) is 11.6 Å². The number of benzene rings is 1. The Hall–Kier alpha value is -1.98. The van der Waals surface area contributed by atoms with E-state index in [2.05, 4.69) is 4.98 Å². The predicted octanol–water partition coefficient (Wildman–Crippen LogP) is 3.54. The highest BCUT2D eigenvalue weighted by molar-refractivity contribution is 7.89. The van der Waals surface area contributed by atoms with Gasteiger partial charge in [0.2, 0.25) is 10.0 Å². The van der Waals surface area contributed by atoms with Crippen molar-refractivity contribution in [2.24, 2.45) is 0 Å². The number of nitrogens with zero attached hydrogens (tertiary/aromatic N) is 3. The summed E-state index contributed by atoms with van der Waals surface area (Å²) in [6.07, 6.45) is -3.93. The summed E-state index contributed by atoms with van der Waals surface area (Å²) < 4.78 is 91.1. The molecular formula is C16H13ClF5N3O2S. The summed E-state index contributed by atoms with van der Waals surface area (Å²) in [5.41, 5.74) is -0.991. The molecular weight excluding hydrogens is 429 g/mol. The molecule has 1 saturated heterocycles. The Morgan fingerprint density at radius 2 is 1.68 bits per heavy atom. The first-order valence-corrected chi connectivity index (χ1v) is 9.75. The predicted molar refractivity (Wildman–Crippen MR) is 91.6 cm³/mol. The third-order valence-corrected chi connectivity index (χ3v) is 6.41. The van der Waals surface area contributed by atoms with Crippen LogP contribution in [0.1, 0.15) is 5.56 Å². The lowest BCUT2D eigenvalue weighted by molar-refractivity contribution is -0.137. The Morgan fingerprint density at radius 1 is 1.04 bits per heavy atom. The van der Waals surface area contributed by atoms with Gasteiger partial charge in [0, 0.05) is 38.4 Å². The first kappa shape index (κ1) is 20.7. The first-order valence-electron chi connectivity index (χ1n) is 7.93. The average molecular weight is 442 g/mol. The summed E-state index contributed by atoms with van der Waals surface area (Å²) in [5.74, 6) is -2.00. The lowest BCUT2D eigenvalue weighted by Gasteiger charge is -2.35. The summed E-state index contributed by atoms with van der Waals surface area (Å²) in [5, 5.41) is -0.212. The normalized spacial score (nSPS) is 16.4. The van der Waals surface area contributed by atoms with Crippen molar-refractivity contribution in [1.82, 2.24) is 9.29 Å². The molecule has 2 aromatic rings. The molecule has 1 aliphatic rings. The van der Waals surface area contributed by atoms with E-state index in [0.717, 1.165) is 22.5 Å². The second-order valence-electron chi connectivity index (χ2n) is 5.99. The van der Waals surface area contributed by atoms with Crippen molar-refractivity contribution in [3.8, 4) is 0 Å². The zero-order valence-electron chi connectivity index (χ0n) is 14.0. The number of halogens is 6. The second kappa shape index (κ2) is 7.45. The van der Waals surface area contributed by atoms with Crippen LogP contribution in [0.4, 0.5) is 27.8 Å². The van der Waals surface area contributed by atoms with Crippen LogP contribution in [0.5, 0.6) is 0 Å². The van der Waals surface area contributed by atoms with Crippen LogP contribution in [-0.2, 0) is 16.2 Å². The van der Waals surface area contributed by atoms with Gasteiger partial charge in [0.05, 0.1) is 10.6 Å². The Labute approximate surface area is 162 Å². The summed E-state index contributed by atoms with van der Waals surface area (Å²) in [6, 6.07) is 2.93. The van der Waals surface area contributed by atoms with Gasteiger partial charge in [-0.25, -0.2) is 22.2 Å². The topological polar surface area (TPSA) is 53.5 Å². The maximum atomic E-state index is 13.9. The fraction of sp³-hybridized carbons (Fsp3) is 0.312. The van der Waals surface area contributed by atoms with Crippen molar-refractivity contribution >= 4 is 27.4 Å². The zero-order chi connectivity index (χ0) is 20.7. The molecule has 1 aromatic heterocycles. The molecule has 0 bridgehead atoms. The number of alkyl halides is 3. The highest BCUT2D eigenvalue weighted by atomic mass is 35.5. The maximum absolute atomic E-state index is 13.9. The Balaban J connectivity index is 1.76. The van der Waals surface area contributed by atoms with Gasteiger partial charge in [0.15, 0.2) is 0 Å². The van der Waals surface area contributed by atoms with Gasteiger partial charge in [-0.15, -0.1) is 0 Å². The molecule has 0 unspecified atom stereocenters. The van der Waals surface area contributed by atoms with Crippen LogP contribution in [0.3, 0.4) is 0 Å². The quantitative estimate of drug-likeness (QED) is 0.684. The molecule has 28 heavy (non-hydrogen) atoms.